The van der Waals surface area contributed by atoms with Crippen LogP contribution < -0.4 is 11.3 Å². The lowest BCUT2D eigenvalue weighted by molar-refractivity contribution is 0.182. The smallest absolute Gasteiger partial charge is 0.106 e. The predicted octanol–water partition coefficient (Wildman–Crippen LogP) is 1.95. The summed E-state index contributed by atoms with van der Waals surface area (Å²) in [5.74, 6) is 7.35. The van der Waals surface area contributed by atoms with Crippen molar-refractivity contribution in [1.82, 2.24) is 15.2 Å². The Balaban J connectivity index is 2.41. The molecular formula is C13H19ClN4O2. The highest BCUT2D eigenvalue weighted by molar-refractivity contribution is 6.31. The molecule has 0 aromatic carbocycles. The van der Waals surface area contributed by atoms with Gasteiger partial charge in [0.25, 0.3) is 0 Å². The third kappa shape index (κ3) is 2.88. The van der Waals surface area contributed by atoms with Gasteiger partial charge in [0.2, 0.25) is 0 Å². The van der Waals surface area contributed by atoms with Crippen molar-refractivity contribution in [2.75, 3.05) is 13.7 Å². The molecule has 2 rings (SSSR count). The molecule has 0 amide bonds. The molecule has 0 aliphatic carbocycles. The Morgan fingerprint density at radius 1 is 1.55 bits per heavy atom. The molecule has 0 aliphatic rings. The first kappa shape index (κ1) is 15.1. The maximum atomic E-state index is 6.26. The van der Waals surface area contributed by atoms with E-state index < -0.39 is 0 Å². The first-order chi connectivity index (χ1) is 9.58. The van der Waals surface area contributed by atoms with Gasteiger partial charge in [-0.15, -0.1) is 0 Å². The summed E-state index contributed by atoms with van der Waals surface area (Å²) in [6.45, 7) is 4.95. The van der Waals surface area contributed by atoms with Crippen molar-refractivity contribution in [3.8, 4) is 0 Å². The molecule has 0 spiro atoms. The number of nitrogens with one attached hydrogen (secondary N) is 1. The minimum absolute atomic E-state index is 0.278. The summed E-state index contributed by atoms with van der Waals surface area (Å²) >= 11 is 6.26. The lowest BCUT2D eigenvalue weighted by Crippen LogP contribution is -2.31. The largest absolute Gasteiger partial charge is 0.466 e. The minimum Gasteiger partial charge on any atom is -0.466 e. The van der Waals surface area contributed by atoms with Crippen LogP contribution in [-0.4, -0.2) is 23.5 Å². The molecule has 0 bridgehead atoms. The van der Waals surface area contributed by atoms with Gasteiger partial charge in [-0.1, -0.05) is 11.6 Å². The third-order valence-corrected chi connectivity index (χ3v) is 3.46. The van der Waals surface area contributed by atoms with E-state index >= 15 is 0 Å². The number of hydrazine groups is 1. The molecule has 0 saturated heterocycles. The van der Waals surface area contributed by atoms with Gasteiger partial charge in [0.1, 0.15) is 11.5 Å². The van der Waals surface area contributed by atoms with Crippen molar-refractivity contribution in [3.05, 3.63) is 40.1 Å². The van der Waals surface area contributed by atoms with Crippen LogP contribution in [0.5, 0.6) is 0 Å². The molecule has 3 N–H and O–H groups in total. The Morgan fingerprint density at radius 3 is 2.85 bits per heavy atom. The number of halogens is 1. The van der Waals surface area contributed by atoms with Gasteiger partial charge in [-0.3, -0.25) is 10.5 Å². The quantitative estimate of drug-likeness (QED) is 0.629. The molecule has 1 unspecified atom stereocenters. The van der Waals surface area contributed by atoms with Gasteiger partial charge in [-0.25, -0.2) is 5.43 Å². The first-order valence-electron chi connectivity index (χ1n) is 6.31. The second-order valence-electron chi connectivity index (χ2n) is 4.56. The van der Waals surface area contributed by atoms with Crippen LogP contribution in [0.3, 0.4) is 0 Å². The molecule has 110 valence electrons. The Bertz CT molecular complexity index is 579. The number of nitrogens with zero attached hydrogens (tertiary/aromatic N) is 2. The molecule has 0 radical (unpaired) electrons. The van der Waals surface area contributed by atoms with Crippen LogP contribution in [0.25, 0.3) is 0 Å². The molecular weight excluding hydrogens is 280 g/mol. The monoisotopic (exact) mass is 298 g/mol. The van der Waals surface area contributed by atoms with Gasteiger partial charge in [-0.2, -0.15) is 5.10 Å². The van der Waals surface area contributed by atoms with E-state index in [4.69, 9.17) is 26.6 Å². The van der Waals surface area contributed by atoms with Crippen molar-refractivity contribution in [2.24, 2.45) is 5.84 Å². The number of aromatic nitrogens is 2. The van der Waals surface area contributed by atoms with E-state index in [9.17, 15) is 0 Å². The topological polar surface area (TPSA) is 78.2 Å². The van der Waals surface area contributed by atoms with Gasteiger partial charge in [0.15, 0.2) is 0 Å². The van der Waals surface area contributed by atoms with Gasteiger partial charge in [-0.05, 0) is 19.9 Å². The molecule has 6 nitrogen and oxygen atoms in total. The van der Waals surface area contributed by atoms with Crippen molar-refractivity contribution < 1.29 is 9.15 Å². The summed E-state index contributed by atoms with van der Waals surface area (Å²) in [6, 6.07) is 1.67. The van der Waals surface area contributed by atoms with Crippen LogP contribution in [0.1, 0.15) is 28.8 Å². The molecule has 0 saturated carbocycles. The van der Waals surface area contributed by atoms with Crippen molar-refractivity contribution >= 4 is 11.6 Å². The zero-order valence-electron chi connectivity index (χ0n) is 11.8. The first-order valence-corrected chi connectivity index (χ1v) is 6.69. The highest BCUT2D eigenvalue weighted by Gasteiger charge is 2.24. The van der Waals surface area contributed by atoms with E-state index in [0.29, 0.717) is 18.2 Å². The Hall–Kier alpha value is -1.34. The second kappa shape index (κ2) is 6.41. The van der Waals surface area contributed by atoms with E-state index in [-0.39, 0.29) is 6.04 Å². The number of nitrogens with two attached hydrogens (primary N) is 1. The lowest BCUT2D eigenvalue weighted by Gasteiger charge is -2.18. The highest BCUT2D eigenvalue weighted by atomic mass is 35.5. The number of furan rings is 1. The molecule has 2 aromatic heterocycles. The fraction of sp³-hybridized carbons (Fsp3) is 0.462. The Morgan fingerprint density at radius 2 is 2.30 bits per heavy atom. The zero-order chi connectivity index (χ0) is 14.7. The van der Waals surface area contributed by atoms with Crippen LogP contribution in [0.2, 0.25) is 5.02 Å². The van der Waals surface area contributed by atoms with Crippen molar-refractivity contribution in [2.45, 2.75) is 26.4 Å². The summed E-state index contributed by atoms with van der Waals surface area (Å²) in [7, 11) is 1.65. The minimum atomic E-state index is -0.278. The average Bonchev–Trinajstić information content (AvgIpc) is 2.93. The molecule has 2 heterocycles. The van der Waals surface area contributed by atoms with E-state index in [1.54, 1.807) is 18.0 Å². The number of methoxy groups -OCH3 is 1. The van der Waals surface area contributed by atoms with Crippen molar-refractivity contribution in [3.63, 3.8) is 0 Å². The molecule has 0 fully saturated rings. The third-order valence-electron chi connectivity index (χ3n) is 3.17. The lowest BCUT2D eigenvalue weighted by atomic mass is 10.0. The van der Waals surface area contributed by atoms with Crippen LogP contribution >= 0.6 is 11.6 Å². The van der Waals surface area contributed by atoms with Crippen molar-refractivity contribution in [1.29, 1.82) is 0 Å². The molecule has 7 heteroatoms. The highest BCUT2D eigenvalue weighted by Crippen LogP contribution is 2.31. The Kier molecular flexibility index (Phi) is 4.82. The van der Waals surface area contributed by atoms with Gasteiger partial charge >= 0.3 is 0 Å². The van der Waals surface area contributed by atoms with E-state index in [1.807, 2.05) is 19.9 Å². The second-order valence-corrected chi connectivity index (χ2v) is 4.97. The molecule has 20 heavy (non-hydrogen) atoms. The van der Waals surface area contributed by atoms with E-state index in [0.717, 1.165) is 22.8 Å². The van der Waals surface area contributed by atoms with Gasteiger partial charge in [0.05, 0.1) is 36.1 Å². The number of aryl methyl sites for hydroxylation is 2. The van der Waals surface area contributed by atoms with E-state index in [2.05, 4.69) is 10.5 Å². The summed E-state index contributed by atoms with van der Waals surface area (Å²) in [5.41, 5.74) is 4.54. The number of hydrogen-bond donors (Lipinski definition) is 2. The summed E-state index contributed by atoms with van der Waals surface area (Å²) in [5, 5.41) is 4.82. The van der Waals surface area contributed by atoms with E-state index in [1.165, 1.54) is 0 Å². The predicted molar refractivity (Wildman–Crippen MR) is 76.5 cm³/mol. The fourth-order valence-electron chi connectivity index (χ4n) is 2.27. The number of ether oxygens (including phenoxy) is 1. The van der Waals surface area contributed by atoms with Crippen LogP contribution in [0.4, 0.5) is 0 Å². The van der Waals surface area contributed by atoms with Crippen LogP contribution in [0.15, 0.2) is 16.7 Å². The normalized spacial score (nSPS) is 12.8. The maximum Gasteiger partial charge on any atom is 0.106 e. The average molecular weight is 299 g/mol. The number of hydrogen-bond acceptors (Lipinski definition) is 5. The fourth-order valence-corrected chi connectivity index (χ4v) is 2.52. The van der Waals surface area contributed by atoms with Gasteiger partial charge in [0, 0.05) is 12.7 Å². The summed E-state index contributed by atoms with van der Waals surface area (Å²) in [6.07, 6.45) is 1.61. The SMILES string of the molecule is COCCn1ncc(Cl)c1C(NN)c1cc(C)oc1C. The van der Waals surface area contributed by atoms with Crippen LogP contribution in [-0.2, 0) is 11.3 Å². The van der Waals surface area contributed by atoms with Crippen LogP contribution in [0, 0.1) is 13.8 Å². The van der Waals surface area contributed by atoms with Gasteiger partial charge < -0.3 is 9.15 Å². The molecule has 2 aromatic rings. The maximum absolute atomic E-state index is 6.26. The molecule has 0 aliphatic heterocycles. The number of rotatable bonds is 6. The molecule has 1 atom stereocenters. The Labute approximate surface area is 122 Å². The summed E-state index contributed by atoms with van der Waals surface area (Å²) < 4.78 is 12.4. The zero-order valence-corrected chi connectivity index (χ0v) is 12.6. The standard InChI is InChI=1S/C13H19ClN4O2/c1-8-6-10(9(2)20-8)12(17-15)13-11(14)7-16-18(13)4-5-19-3/h6-7,12,17H,4-5,15H2,1-3H3. The summed E-state index contributed by atoms with van der Waals surface area (Å²) in [4.78, 5) is 0.